The molecule has 1 aliphatic heterocycles. The quantitative estimate of drug-likeness (QED) is 0.853. The molecule has 0 aromatic carbocycles. The van der Waals surface area contributed by atoms with Crippen molar-refractivity contribution in [2.24, 2.45) is 0 Å². The minimum atomic E-state index is -0.215. The Morgan fingerprint density at radius 3 is 3.09 bits per heavy atom. The number of nitrogens with zero attached hydrogens (tertiary/aromatic N) is 2. The highest BCUT2D eigenvalue weighted by molar-refractivity contribution is 7.11. The van der Waals surface area contributed by atoms with Crippen molar-refractivity contribution in [2.45, 2.75) is 45.4 Å². The molecular weight excluding hydrogens is 312 g/mol. The van der Waals surface area contributed by atoms with Gasteiger partial charge in [-0.1, -0.05) is 6.92 Å². The predicted octanol–water partition coefficient (Wildman–Crippen LogP) is 3.01. The number of nitrogens with one attached hydrogen (secondary N) is 2. The molecule has 23 heavy (non-hydrogen) atoms. The van der Waals surface area contributed by atoms with Crippen molar-refractivity contribution in [1.82, 2.24) is 15.1 Å². The van der Waals surface area contributed by atoms with Gasteiger partial charge in [0.1, 0.15) is 0 Å². The molecule has 124 valence electrons. The van der Waals surface area contributed by atoms with Gasteiger partial charge in [0.15, 0.2) is 0 Å². The second-order valence-corrected chi connectivity index (χ2v) is 6.87. The lowest BCUT2D eigenvalue weighted by Crippen LogP contribution is -2.27. The van der Waals surface area contributed by atoms with Gasteiger partial charge in [0, 0.05) is 22.6 Å². The maximum Gasteiger partial charge on any atom is 0.319 e. The van der Waals surface area contributed by atoms with Gasteiger partial charge >= 0.3 is 6.03 Å². The van der Waals surface area contributed by atoms with E-state index >= 15 is 0 Å². The molecule has 7 heteroatoms. The Balaban J connectivity index is 1.44. The van der Waals surface area contributed by atoms with Crippen molar-refractivity contribution >= 4 is 23.1 Å². The molecule has 1 atom stereocenters. The van der Waals surface area contributed by atoms with Crippen LogP contribution in [0.1, 0.15) is 29.5 Å². The summed E-state index contributed by atoms with van der Waals surface area (Å²) in [5, 5.41) is 9.94. The number of carbonyl (C=O) groups excluding carboxylic acids is 1. The lowest BCUT2D eigenvalue weighted by atomic mass is 10.2. The Morgan fingerprint density at radius 2 is 2.35 bits per heavy atom. The van der Waals surface area contributed by atoms with Crippen LogP contribution < -0.4 is 10.6 Å². The smallest absolute Gasteiger partial charge is 0.319 e. The molecule has 1 saturated heterocycles. The standard InChI is InChI=1S/C16H22N4O2S/c1-2-14-5-6-15(23-14)9-17-16(21)19-12-8-18-20(10-12)11-13-4-3-7-22-13/h5-6,8,10,13H,2-4,7,9,11H2,1H3,(H2,17,19,21). The Morgan fingerprint density at radius 1 is 1.48 bits per heavy atom. The molecule has 3 heterocycles. The summed E-state index contributed by atoms with van der Waals surface area (Å²) in [6.07, 6.45) is 6.95. The van der Waals surface area contributed by atoms with Crippen LogP contribution in [-0.2, 0) is 24.2 Å². The van der Waals surface area contributed by atoms with Gasteiger partial charge in [-0.3, -0.25) is 4.68 Å². The average Bonchev–Trinajstić information content (AvgIpc) is 3.27. The van der Waals surface area contributed by atoms with Gasteiger partial charge in [0.25, 0.3) is 0 Å². The van der Waals surface area contributed by atoms with E-state index in [0.717, 1.165) is 37.3 Å². The summed E-state index contributed by atoms with van der Waals surface area (Å²) in [5.41, 5.74) is 0.695. The van der Waals surface area contributed by atoms with Gasteiger partial charge in [-0.15, -0.1) is 11.3 Å². The summed E-state index contributed by atoms with van der Waals surface area (Å²) >= 11 is 1.73. The molecule has 1 fully saturated rings. The van der Waals surface area contributed by atoms with E-state index in [-0.39, 0.29) is 12.1 Å². The van der Waals surface area contributed by atoms with E-state index in [1.807, 2.05) is 10.9 Å². The monoisotopic (exact) mass is 334 g/mol. The zero-order chi connectivity index (χ0) is 16.1. The number of carbonyl (C=O) groups is 1. The molecule has 1 aliphatic rings. The van der Waals surface area contributed by atoms with Gasteiger partial charge in [-0.05, 0) is 31.4 Å². The minimum absolute atomic E-state index is 0.215. The van der Waals surface area contributed by atoms with Crippen molar-refractivity contribution in [3.05, 3.63) is 34.3 Å². The number of ether oxygens (including phenoxy) is 1. The molecule has 6 nitrogen and oxygen atoms in total. The lowest BCUT2D eigenvalue weighted by Gasteiger charge is -2.08. The minimum Gasteiger partial charge on any atom is -0.376 e. The molecule has 0 spiro atoms. The molecule has 2 amide bonds. The molecule has 0 aliphatic carbocycles. The number of aromatic nitrogens is 2. The number of urea groups is 1. The van der Waals surface area contributed by atoms with E-state index < -0.39 is 0 Å². The number of rotatable bonds is 6. The van der Waals surface area contributed by atoms with Gasteiger partial charge in [0.05, 0.1) is 31.1 Å². The van der Waals surface area contributed by atoms with E-state index in [9.17, 15) is 4.79 Å². The van der Waals surface area contributed by atoms with Crippen LogP contribution in [0.5, 0.6) is 0 Å². The highest BCUT2D eigenvalue weighted by Crippen LogP contribution is 2.17. The van der Waals surface area contributed by atoms with E-state index in [2.05, 4.69) is 34.8 Å². The van der Waals surface area contributed by atoms with Crippen LogP contribution >= 0.6 is 11.3 Å². The molecule has 0 radical (unpaired) electrons. The fraction of sp³-hybridized carbons (Fsp3) is 0.500. The average molecular weight is 334 g/mol. The van der Waals surface area contributed by atoms with Crippen molar-refractivity contribution in [3.63, 3.8) is 0 Å². The number of anilines is 1. The van der Waals surface area contributed by atoms with Crippen molar-refractivity contribution in [2.75, 3.05) is 11.9 Å². The summed E-state index contributed by atoms with van der Waals surface area (Å²) < 4.78 is 7.40. The summed E-state index contributed by atoms with van der Waals surface area (Å²) in [6, 6.07) is 3.95. The number of thiophene rings is 1. The topological polar surface area (TPSA) is 68.2 Å². The second kappa shape index (κ2) is 7.61. The molecule has 2 N–H and O–H groups in total. The zero-order valence-electron chi connectivity index (χ0n) is 13.2. The normalized spacial score (nSPS) is 17.3. The van der Waals surface area contributed by atoms with Crippen LogP contribution in [0.4, 0.5) is 10.5 Å². The molecule has 0 bridgehead atoms. The molecule has 0 saturated carbocycles. The van der Waals surface area contributed by atoms with Gasteiger partial charge in [-0.2, -0.15) is 5.10 Å². The maximum atomic E-state index is 11.9. The van der Waals surface area contributed by atoms with E-state index in [4.69, 9.17) is 4.74 Å². The molecular formula is C16H22N4O2S. The van der Waals surface area contributed by atoms with Gasteiger partial charge in [0.2, 0.25) is 0 Å². The zero-order valence-corrected chi connectivity index (χ0v) is 14.1. The fourth-order valence-corrected chi connectivity index (χ4v) is 3.47. The Kier molecular flexibility index (Phi) is 5.30. The predicted molar refractivity (Wildman–Crippen MR) is 90.8 cm³/mol. The second-order valence-electron chi connectivity index (χ2n) is 5.62. The van der Waals surface area contributed by atoms with Crippen LogP contribution in [0.25, 0.3) is 0 Å². The van der Waals surface area contributed by atoms with Crippen LogP contribution in [0.3, 0.4) is 0 Å². The number of aryl methyl sites for hydroxylation is 1. The fourth-order valence-electron chi connectivity index (χ4n) is 2.57. The molecule has 1 unspecified atom stereocenters. The first kappa shape index (κ1) is 16.0. The van der Waals surface area contributed by atoms with E-state index in [0.29, 0.717) is 12.2 Å². The first-order valence-electron chi connectivity index (χ1n) is 7.99. The summed E-state index contributed by atoms with van der Waals surface area (Å²) in [4.78, 5) is 14.4. The van der Waals surface area contributed by atoms with Crippen LogP contribution in [0.2, 0.25) is 0 Å². The maximum absolute atomic E-state index is 11.9. The summed E-state index contributed by atoms with van der Waals surface area (Å²) in [7, 11) is 0. The van der Waals surface area contributed by atoms with E-state index in [1.54, 1.807) is 17.5 Å². The summed E-state index contributed by atoms with van der Waals surface area (Å²) in [6.45, 7) is 4.24. The third kappa shape index (κ3) is 4.56. The van der Waals surface area contributed by atoms with Crippen molar-refractivity contribution in [1.29, 1.82) is 0 Å². The number of hydrogen-bond donors (Lipinski definition) is 2. The Hall–Kier alpha value is -1.86. The number of hydrogen-bond acceptors (Lipinski definition) is 4. The van der Waals surface area contributed by atoms with Gasteiger partial charge in [-0.25, -0.2) is 4.79 Å². The van der Waals surface area contributed by atoms with E-state index in [1.165, 1.54) is 4.88 Å². The molecule has 3 rings (SSSR count). The molecule has 2 aromatic rings. The SMILES string of the molecule is CCc1ccc(CNC(=O)Nc2cnn(CC3CCCO3)c2)s1. The van der Waals surface area contributed by atoms with Crippen LogP contribution in [-0.4, -0.2) is 28.5 Å². The molecule has 2 aromatic heterocycles. The Bertz CT molecular complexity index is 646. The van der Waals surface area contributed by atoms with Crippen LogP contribution in [0, 0.1) is 0 Å². The number of amides is 2. The van der Waals surface area contributed by atoms with Crippen molar-refractivity contribution in [3.8, 4) is 0 Å². The summed E-state index contributed by atoms with van der Waals surface area (Å²) in [5.74, 6) is 0. The van der Waals surface area contributed by atoms with Gasteiger partial charge < -0.3 is 15.4 Å². The highest BCUT2D eigenvalue weighted by atomic mass is 32.1. The third-order valence-corrected chi connectivity index (χ3v) is 5.02. The first-order chi connectivity index (χ1) is 11.2. The third-order valence-electron chi connectivity index (χ3n) is 3.79. The van der Waals surface area contributed by atoms with Crippen molar-refractivity contribution < 1.29 is 9.53 Å². The van der Waals surface area contributed by atoms with Crippen LogP contribution in [0.15, 0.2) is 24.5 Å². The largest absolute Gasteiger partial charge is 0.376 e. The Labute approximate surface area is 139 Å². The highest BCUT2D eigenvalue weighted by Gasteiger charge is 2.16. The lowest BCUT2D eigenvalue weighted by molar-refractivity contribution is 0.0940. The first-order valence-corrected chi connectivity index (χ1v) is 8.81.